The van der Waals surface area contributed by atoms with Crippen molar-refractivity contribution < 1.29 is 42.7 Å². The van der Waals surface area contributed by atoms with Crippen molar-refractivity contribution in [1.82, 2.24) is 0 Å². The van der Waals surface area contributed by atoms with E-state index in [1.807, 2.05) is 0 Å². The molecule has 0 atom stereocenters. The zero-order valence-corrected chi connectivity index (χ0v) is 48.6. The van der Waals surface area contributed by atoms with Crippen molar-refractivity contribution in [3.8, 4) is 0 Å². The molecule has 0 spiro atoms. The number of hydrogen-bond acceptors (Lipinski definition) is 2. The average Bonchev–Trinajstić information content (AvgIpc) is 3.23. The topological polar surface area (TPSA) is 52.5 Å². The molecule has 0 aliphatic heterocycles. The second-order valence-electron chi connectivity index (χ2n) is 22.2. The van der Waals surface area contributed by atoms with Crippen molar-refractivity contribution >= 4 is 34.2 Å². The summed E-state index contributed by atoms with van der Waals surface area (Å²) in [6, 6.07) is 26.7. The van der Waals surface area contributed by atoms with Gasteiger partial charge in [0.2, 0.25) is 5.69 Å². The fourth-order valence-corrected chi connectivity index (χ4v) is 8.09. The third kappa shape index (κ3) is 18.0. The van der Waals surface area contributed by atoms with Crippen molar-refractivity contribution in [2.24, 2.45) is 4.99 Å². The second-order valence-corrected chi connectivity index (χ2v) is 22.2. The van der Waals surface area contributed by atoms with Crippen LogP contribution in [-0.4, -0.2) is 22.5 Å². The maximum absolute atomic E-state index is 5.38. The number of anilines is 1. The first-order valence-electron chi connectivity index (χ1n) is 25.6. The van der Waals surface area contributed by atoms with E-state index in [1.165, 1.54) is 73.7 Å². The Balaban J connectivity index is 0.00000119. The Morgan fingerprint density at radius 1 is 0.529 bits per heavy atom. The summed E-state index contributed by atoms with van der Waals surface area (Å²) < 4.78 is 0. The zero-order chi connectivity index (χ0) is 50.4. The molecule has 0 radical (unpaired) electrons. The summed E-state index contributed by atoms with van der Waals surface area (Å²) in [6.45, 7) is 55.2. The minimum atomic E-state index is -0.340. The van der Waals surface area contributed by atoms with Crippen LogP contribution in [-0.2, 0) is 0 Å². The first kappa shape index (κ1) is 65.0. The van der Waals surface area contributed by atoms with Gasteiger partial charge in [-0.25, -0.2) is 4.99 Å². The molecule has 0 heterocycles. The van der Waals surface area contributed by atoms with Crippen molar-refractivity contribution in [2.45, 2.75) is 231 Å². The van der Waals surface area contributed by atoms with Gasteiger partial charge in [-0.1, -0.05) is 222 Å². The summed E-state index contributed by atoms with van der Waals surface area (Å²) in [6.07, 6.45) is 2.28. The molecule has 4 rings (SSSR count). The van der Waals surface area contributed by atoms with Crippen LogP contribution >= 0.6 is 0 Å². The Bertz CT molecular complexity index is 1920. The Kier molecular flexibility index (Phi) is 28.1. The minimum absolute atomic E-state index is 0. The first-order valence-corrected chi connectivity index (χ1v) is 25.6. The Hall–Kier alpha value is -2.99. The van der Waals surface area contributed by atoms with Crippen LogP contribution in [0.3, 0.4) is 0 Å². The molecule has 4 nitrogen and oxygen atoms in total. The number of para-hydroxylation sites is 4. The Labute approximate surface area is 444 Å². The number of hydrogen-bond donors (Lipinski definition) is 2. The fraction of sp³-hybridized carbons (Fsp3) is 0.565. The Morgan fingerprint density at radius 2 is 0.824 bits per heavy atom. The smallest absolute Gasteiger partial charge is 0.671 e. The van der Waals surface area contributed by atoms with Crippen LogP contribution in [0.25, 0.3) is 5.32 Å². The van der Waals surface area contributed by atoms with Gasteiger partial charge in [-0.15, -0.1) is 5.69 Å². The van der Waals surface area contributed by atoms with Crippen LogP contribution in [0.2, 0.25) is 0 Å². The number of unbranched alkanes of at least 4 members (excludes halogenated alkanes) is 1. The van der Waals surface area contributed by atoms with E-state index in [-0.39, 0.29) is 48.8 Å². The van der Waals surface area contributed by atoms with Gasteiger partial charge in [-0.2, -0.15) is 6.42 Å². The molecule has 0 aromatic heterocycles. The summed E-state index contributed by atoms with van der Waals surface area (Å²) in [5.41, 5.74) is 17.3. The molecule has 6 heteroatoms. The van der Waals surface area contributed by atoms with Gasteiger partial charge in [-0.3, -0.25) is 4.99 Å². The van der Waals surface area contributed by atoms with Crippen LogP contribution < -0.4 is 48.0 Å². The van der Waals surface area contributed by atoms with Crippen LogP contribution in [0.5, 0.6) is 0 Å². The van der Waals surface area contributed by atoms with E-state index >= 15 is 0 Å². The quantitative estimate of drug-likeness (QED) is 0.0619. The number of benzene rings is 4. The Morgan fingerprint density at radius 3 is 1.13 bits per heavy atom. The molecule has 4 aromatic carbocycles. The molecule has 0 aliphatic carbocycles. The average molecular weight is 912 g/mol. The minimum Gasteiger partial charge on any atom is -0.671 e. The van der Waals surface area contributed by atoms with Gasteiger partial charge in [0.05, 0.1) is 11.2 Å². The number of nitrogens with zero attached hydrogens (tertiary/aromatic N) is 2. The number of rotatable bonds is 17. The molecule has 0 saturated heterocycles. The maximum atomic E-state index is 5.38. The van der Waals surface area contributed by atoms with Crippen molar-refractivity contribution in [2.75, 3.05) is 5.32 Å². The maximum Gasteiger partial charge on any atom is 1.00 e. The largest absolute Gasteiger partial charge is 1.00 e. The zero-order valence-electron chi connectivity index (χ0n) is 48.6. The third-order valence-corrected chi connectivity index (χ3v) is 13.0. The van der Waals surface area contributed by atoms with Gasteiger partial charge >= 0.3 is 37.7 Å². The standard InChI is InChI=1S/C29H44N2.C29H43N2.C4H9.2Li/c2*1-18(2)23-14-12-15-24(19(3)4)27(23)30-22(9)29(10,11)31-28-25(20(5)6)16-13-17-26(28)21(7)8;1-3-4-2;;/h12-21,31H,1-11H3;12-21H,1-11H3;1,3-4H2,2H3;;/q;2*-1;2*+1/p+1. The summed E-state index contributed by atoms with van der Waals surface area (Å²) in [7, 11) is 0. The van der Waals surface area contributed by atoms with Crippen molar-refractivity contribution in [1.29, 1.82) is 0 Å². The van der Waals surface area contributed by atoms with E-state index in [1.54, 1.807) is 0 Å². The summed E-state index contributed by atoms with van der Waals surface area (Å²) in [4.78, 5) is 9.10. The van der Waals surface area contributed by atoms with E-state index in [4.69, 9.17) is 10.3 Å². The van der Waals surface area contributed by atoms with E-state index < -0.39 is 0 Å². The summed E-state index contributed by atoms with van der Waals surface area (Å²) in [5, 5.41) is 9.28. The molecule has 0 fully saturated rings. The summed E-state index contributed by atoms with van der Waals surface area (Å²) >= 11 is 0. The predicted molar refractivity (Wildman–Crippen MR) is 298 cm³/mol. The van der Waals surface area contributed by atoms with Crippen LogP contribution in [0, 0.1) is 6.92 Å². The van der Waals surface area contributed by atoms with E-state index in [9.17, 15) is 0 Å². The molecular weight excluding hydrogens is 815 g/mol. The van der Waals surface area contributed by atoms with Crippen LogP contribution in [0.4, 0.5) is 22.7 Å². The molecule has 0 unspecified atom stereocenters. The van der Waals surface area contributed by atoms with Crippen molar-refractivity contribution in [3.63, 3.8) is 0 Å². The van der Waals surface area contributed by atoms with Crippen molar-refractivity contribution in [3.05, 3.63) is 130 Å². The monoisotopic (exact) mass is 912 g/mol. The summed E-state index contributed by atoms with van der Waals surface area (Å²) in [5.74, 6) is 3.61. The number of nitrogens with one attached hydrogen (secondary N) is 2. The molecule has 0 amide bonds. The predicted octanol–water partition coefficient (Wildman–Crippen LogP) is 12.6. The van der Waals surface area contributed by atoms with Gasteiger partial charge in [0.25, 0.3) is 0 Å². The van der Waals surface area contributed by atoms with E-state index in [0.717, 1.165) is 17.8 Å². The first-order chi connectivity index (χ1) is 30.6. The molecule has 0 saturated carbocycles. The fourth-order valence-electron chi connectivity index (χ4n) is 8.09. The van der Waals surface area contributed by atoms with E-state index in [2.05, 4.69) is 249 Å². The van der Waals surface area contributed by atoms with Gasteiger partial charge in [-0.05, 0) is 95.9 Å². The number of aliphatic imine (C=N–C) groups is 1. The second kappa shape index (κ2) is 29.4. The van der Waals surface area contributed by atoms with E-state index in [0.29, 0.717) is 47.3 Å². The molecule has 68 heavy (non-hydrogen) atoms. The SMILES string of the molecule is CC(=Nc1c(C(C)C)cccc1C(C)C)C(C)(C)Nc1c(C(C)C)cccc1C(C)C.CC(=[NH+]c1c(C(C)C)cccc1C(C)C)C(C)(C)[N-]c1c(C(C)C)cccc1C(C)C.[CH2-]CCC.[Li+].[Li+]. The molecule has 2 N–H and O–H groups in total. The third-order valence-electron chi connectivity index (χ3n) is 13.0. The van der Waals surface area contributed by atoms with Crippen LogP contribution in [0.1, 0.15) is 264 Å². The van der Waals surface area contributed by atoms with Crippen LogP contribution in [0.15, 0.2) is 77.8 Å². The molecule has 0 aliphatic rings. The van der Waals surface area contributed by atoms with Gasteiger partial charge < -0.3 is 17.6 Å². The molecule has 4 aromatic rings. The molecule has 0 bridgehead atoms. The van der Waals surface area contributed by atoms with Gasteiger partial charge in [0, 0.05) is 29.4 Å². The van der Waals surface area contributed by atoms with Gasteiger partial charge in [0.15, 0.2) is 0 Å². The molecule has 366 valence electrons. The normalized spacial score (nSPS) is 12.4. The van der Waals surface area contributed by atoms with Gasteiger partial charge in [0.1, 0.15) is 5.71 Å². The molecular formula is C62H97Li2N4+.